The van der Waals surface area contributed by atoms with Crippen molar-refractivity contribution in [3.63, 3.8) is 0 Å². The molecule has 0 aromatic rings. The Bertz CT molecular complexity index is 425. The number of carbonyl (C=O) groups is 2. The van der Waals surface area contributed by atoms with Crippen LogP contribution >= 0.6 is 0 Å². The van der Waals surface area contributed by atoms with Gasteiger partial charge in [0.05, 0.1) is 6.61 Å². The van der Waals surface area contributed by atoms with E-state index >= 15 is 0 Å². The molecule has 0 saturated heterocycles. The van der Waals surface area contributed by atoms with E-state index in [0.717, 1.165) is 12.8 Å². The van der Waals surface area contributed by atoms with E-state index in [0.29, 0.717) is 6.42 Å². The first-order valence-corrected chi connectivity index (χ1v) is 8.91. The molecule has 0 aliphatic heterocycles. The SMILES string of the molecule is CCCCC/C=C/CCCOC(=O)CCCC(=O)OCC(F)(F)C(F)F. The van der Waals surface area contributed by atoms with Crippen LogP contribution in [0, 0.1) is 0 Å². The Labute approximate surface area is 151 Å². The summed E-state index contributed by atoms with van der Waals surface area (Å²) < 4.78 is 57.9. The summed E-state index contributed by atoms with van der Waals surface area (Å²) in [5, 5.41) is 0. The van der Waals surface area contributed by atoms with Crippen LogP contribution < -0.4 is 0 Å². The molecule has 0 amide bonds. The van der Waals surface area contributed by atoms with Crippen molar-refractivity contribution in [2.45, 2.75) is 77.1 Å². The van der Waals surface area contributed by atoms with Crippen LogP contribution in [0.1, 0.15) is 64.7 Å². The monoisotopic (exact) mass is 384 g/mol. The van der Waals surface area contributed by atoms with Gasteiger partial charge in [0, 0.05) is 12.8 Å². The molecule has 152 valence electrons. The van der Waals surface area contributed by atoms with E-state index in [-0.39, 0.29) is 25.9 Å². The minimum absolute atomic E-state index is 0.0508. The summed E-state index contributed by atoms with van der Waals surface area (Å²) in [6.45, 7) is 0.746. The topological polar surface area (TPSA) is 52.6 Å². The maximum absolute atomic E-state index is 12.6. The Hall–Kier alpha value is -1.60. The van der Waals surface area contributed by atoms with Crippen LogP contribution in [-0.2, 0) is 19.1 Å². The fourth-order valence-corrected chi connectivity index (χ4v) is 1.90. The maximum atomic E-state index is 12.6. The lowest BCUT2D eigenvalue weighted by Crippen LogP contribution is -2.33. The van der Waals surface area contributed by atoms with E-state index in [1.165, 1.54) is 19.3 Å². The molecule has 0 aliphatic carbocycles. The van der Waals surface area contributed by atoms with Crippen molar-refractivity contribution in [3.8, 4) is 0 Å². The lowest BCUT2D eigenvalue weighted by atomic mass is 10.2. The first kappa shape index (κ1) is 24.4. The van der Waals surface area contributed by atoms with E-state index in [1.54, 1.807) is 0 Å². The number of alkyl halides is 4. The van der Waals surface area contributed by atoms with Gasteiger partial charge in [-0.25, -0.2) is 8.78 Å². The van der Waals surface area contributed by atoms with E-state index in [1.807, 2.05) is 0 Å². The van der Waals surface area contributed by atoms with Gasteiger partial charge >= 0.3 is 24.3 Å². The third-order valence-corrected chi connectivity index (χ3v) is 3.43. The molecule has 0 atom stereocenters. The van der Waals surface area contributed by atoms with Crippen molar-refractivity contribution in [2.24, 2.45) is 0 Å². The molecule has 0 radical (unpaired) electrons. The second kappa shape index (κ2) is 14.6. The van der Waals surface area contributed by atoms with Crippen LogP contribution in [0.3, 0.4) is 0 Å². The van der Waals surface area contributed by atoms with Crippen molar-refractivity contribution in [3.05, 3.63) is 12.2 Å². The highest BCUT2D eigenvalue weighted by Gasteiger charge is 2.42. The molecule has 0 rings (SSSR count). The molecule has 0 spiro atoms. The van der Waals surface area contributed by atoms with E-state index in [2.05, 4.69) is 23.8 Å². The van der Waals surface area contributed by atoms with Crippen molar-refractivity contribution in [1.82, 2.24) is 0 Å². The third kappa shape index (κ3) is 13.7. The second-order valence-corrected chi connectivity index (χ2v) is 5.91. The number of carbonyl (C=O) groups excluding carboxylic acids is 2. The molecule has 4 nitrogen and oxygen atoms in total. The molecule has 26 heavy (non-hydrogen) atoms. The molecule has 8 heteroatoms. The lowest BCUT2D eigenvalue weighted by molar-refractivity contribution is -0.179. The minimum atomic E-state index is -4.36. The quantitative estimate of drug-likeness (QED) is 0.171. The third-order valence-electron chi connectivity index (χ3n) is 3.43. The lowest BCUT2D eigenvalue weighted by Gasteiger charge is -2.14. The van der Waals surface area contributed by atoms with Gasteiger partial charge in [-0.05, 0) is 32.1 Å². The van der Waals surface area contributed by atoms with Crippen molar-refractivity contribution in [1.29, 1.82) is 0 Å². The summed E-state index contributed by atoms with van der Waals surface area (Å²) in [6, 6.07) is 0. The van der Waals surface area contributed by atoms with Gasteiger partial charge in [0.25, 0.3) is 0 Å². The molecule has 0 saturated carbocycles. The minimum Gasteiger partial charge on any atom is -0.466 e. The highest BCUT2D eigenvalue weighted by Crippen LogP contribution is 2.23. The molecule has 0 aromatic heterocycles. The van der Waals surface area contributed by atoms with Gasteiger partial charge < -0.3 is 9.47 Å². The van der Waals surface area contributed by atoms with Gasteiger partial charge in [0.1, 0.15) is 0 Å². The predicted molar refractivity (Wildman–Crippen MR) is 89.2 cm³/mol. The number of esters is 2. The Morgan fingerprint density at radius 2 is 1.50 bits per heavy atom. The van der Waals surface area contributed by atoms with Crippen LogP contribution in [0.2, 0.25) is 0 Å². The number of allylic oxidation sites excluding steroid dienone is 2. The summed E-state index contributed by atoms with van der Waals surface area (Å²) in [7, 11) is 0. The van der Waals surface area contributed by atoms with Crippen molar-refractivity contribution < 1.29 is 36.6 Å². The molecule has 0 bridgehead atoms. The zero-order chi connectivity index (χ0) is 19.8. The van der Waals surface area contributed by atoms with E-state index < -0.39 is 30.9 Å². The fourth-order valence-electron chi connectivity index (χ4n) is 1.90. The molecule has 0 aliphatic rings. The summed E-state index contributed by atoms with van der Waals surface area (Å²) >= 11 is 0. The Kier molecular flexibility index (Phi) is 13.7. The van der Waals surface area contributed by atoms with Gasteiger partial charge in [0.15, 0.2) is 6.61 Å². The van der Waals surface area contributed by atoms with Crippen LogP contribution in [0.5, 0.6) is 0 Å². The number of hydrogen-bond donors (Lipinski definition) is 0. The Balaban J connectivity index is 3.61. The molecule has 0 unspecified atom stereocenters. The summed E-state index contributed by atoms with van der Waals surface area (Å²) in [4.78, 5) is 22.6. The smallest absolute Gasteiger partial charge is 0.340 e. The highest BCUT2D eigenvalue weighted by atomic mass is 19.3. The summed E-state index contributed by atoms with van der Waals surface area (Å²) in [6.07, 6.45) is 6.07. The van der Waals surface area contributed by atoms with Crippen LogP contribution in [0.25, 0.3) is 0 Å². The van der Waals surface area contributed by atoms with Crippen molar-refractivity contribution in [2.75, 3.05) is 13.2 Å². The van der Waals surface area contributed by atoms with E-state index in [4.69, 9.17) is 4.74 Å². The standard InChI is InChI=1S/C18H28F4O4/c1-2-3-4-5-6-7-8-9-13-25-15(23)11-10-12-16(24)26-14-18(21,22)17(19)20/h6-7,17H,2-5,8-14H2,1H3/b7-6+. The largest absolute Gasteiger partial charge is 0.466 e. The molecule has 0 N–H and O–H groups in total. The van der Waals surface area contributed by atoms with Gasteiger partial charge in [0.2, 0.25) is 0 Å². The van der Waals surface area contributed by atoms with Gasteiger partial charge in [-0.2, -0.15) is 8.78 Å². The fraction of sp³-hybridized carbons (Fsp3) is 0.778. The Morgan fingerprint density at radius 3 is 2.08 bits per heavy atom. The predicted octanol–water partition coefficient (Wildman–Crippen LogP) is 5.06. The first-order chi connectivity index (χ1) is 12.3. The first-order valence-electron chi connectivity index (χ1n) is 8.91. The number of hydrogen-bond acceptors (Lipinski definition) is 4. The number of ether oxygens (including phenoxy) is 2. The van der Waals surface area contributed by atoms with Crippen LogP contribution in [0.15, 0.2) is 12.2 Å². The van der Waals surface area contributed by atoms with Gasteiger partial charge in [-0.15, -0.1) is 0 Å². The van der Waals surface area contributed by atoms with Crippen LogP contribution in [-0.4, -0.2) is 37.5 Å². The van der Waals surface area contributed by atoms with Gasteiger partial charge in [-0.3, -0.25) is 9.59 Å². The van der Waals surface area contributed by atoms with Crippen LogP contribution in [0.4, 0.5) is 17.6 Å². The highest BCUT2D eigenvalue weighted by molar-refractivity contribution is 5.72. The normalized spacial score (nSPS) is 11.9. The molecule has 0 aromatic carbocycles. The molecule has 0 heterocycles. The average Bonchev–Trinajstić information content (AvgIpc) is 2.58. The molecular formula is C18H28F4O4. The van der Waals surface area contributed by atoms with E-state index in [9.17, 15) is 27.2 Å². The number of halogens is 4. The number of rotatable bonds is 15. The average molecular weight is 384 g/mol. The Morgan fingerprint density at radius 1 is 0.923 bits per heavy atom. The summed E-state index contributed by atoms with van der Waals surface area (Å²) in [5.74, 6) is -5.91. The van der Waals surface area contributed by atoms with Gasteiger partial charge in [-0.1, -0.05) is 31.9 Å². The molecule has 0 fully saturated rings. The summed E-state index contributed by atoms with van der Waals surface area (Å²) in [5.41, 5.74) is 0. The van der Waals surface area contributed by atoms with Crippen molar-refractivity contribution >= 4 is 11.9 Å². The second-order valence-electron chi connectivity index (χ2n) is 5.91. The maximum Gasteiger partial charge on any atom is 0.340 e. The number of unbranched alkanes of at least 4 members (excludes halogenated alkanes) is 4. The zero-order valence-electron chi connectivity index (χ0n) is 15.2. The zero-order valence-corrected chi connectivity index (χ0v) is 15.2. The molecular weight excluding hydrogens is 356 g/mol.